The van der Waals surface area contributed by atoms with Gasteiger partial charge in [0.2, 0.25) is 0 Å². The van der Waals surface area contributed by atoms with Crippen molar-refractivity contribution >= 4 is 40.8 Å². The Hall–Kier alpha value is -2.74. The van der Waals surface area contributed by atoms with Gasteiger partial charge in [0.15, 0.2) is 17.2 Å². The average Bonchev–Trinajstić information content (AvgIpc) is 3.04. The van der Waals surface area contributed by atoms with Crippen molar-refractivity contribution in [2.45, 2.75) is 50.2 Å². The van der Waals surface area contributed by atoms with E-state index >= 15 is 0 Å². The van der Waals surface area contributed by atoms with Crippen LogP contribution in [0.4, 0.5) is 5.82 Å². The van der Waals surface area contributed by atoms with Gasteiger partial charge in [0.1, 0.15) is 30.9 Å². The number of methoxy groups -OCH3 is 2. The van der Waals surface area contributed by atoms with Crippen molar-refractivity contribution in [3.63, 3.8) is 0 Å². The van der Waals surface area contributed by atoms with Gasteiger partial charge < -0.3 is 23.8 Å². The van der Waals surface area contributed by atoms with Gasteiger partial charge in [-0.25, -0.2) is 9.97 Å². The van der Waals surface area contributed by atoms with Crippen molar-refractivity contribution in [1.29, 1.82) is 5.26 Å². The molecule has 1 aromatic heterocycles. The summed E-state index contributed by atoms with van der Waals surface area (Å²) in [5.41, 5.74) is 2.85. The average molecular weight is 646 g/mol. The molecule has 2 heterocycles. The highest BCUT2D eigenvalue weighted by molar-refractivity contribution is 7.98. The smallest absolute Gasteiger partial charge is 0.189 e. The summed E-state index contributed by atoms with van der Waals surface area (Å²) in [4.78, 5) is 11.7. The van der Waals surface area contributed by atoms with Crippen LogP contribution in [0, 0.1) is 17.2 Å². The molecule has 0 amide bonds. The number of ether oxygens (including phenoxy) is 4. The van der Waals surface area contributed by atoms with E-state index in [0.717, 1.165) is 59.3 Å². The summed E-state index contributed by atoms with van der Waals surface area (Å²) in [6.45, 7) is 6.51. The number of rotatable bonds is 13. The summed E-state index contributed by atoms with van der Waals surface area (Å²) in [6.07, 6.45) is 5.55. The predicted molar refractivity (Wildman–Crippen MR) is 172 cm³/mol. The summed E-state index contributed by atoms with van der Waals surface area (Å²) in [5, 5.41) is 10.8. The monoisotopic (exact) mass is 644 g/mol. The fraction of sp³-hybridized carbons (Fsp3) is 0.469. The highest BCUT2D eigenvalue weighted by Crippen LogP contribution is 2.39. The number of aromatic nitrogens is 2. The van der Waals surface area contributed by atoms with E-state index in [-0.39, 0.29) is 12.9 Å². The van der Waals surface area contributed by atoms with Gasteiger partial charge in [-0.05, 0) is 54.5 Å². The molecule has 8 nitrogen and oxygen atoms in total. The number of anilines is 1. The zero-order chi connectivity index (χ0) is 31.0. The Bertz CT molecular complexity index is 1410. The zero-order valence-corrected chi connectivity index (χ0v) is 27.6. The van der Waals surface area contributed by atoms with E-state index in [1.807, 2.05) is 48.9 Å². The van der Waals surface area contributed by atoms with E-state index < -0.39 is 5.41 Å². The lowest BCUT2D eigenvalue weighted by atomic mass is 9.77. The first-order valence-electron chi connectivity index (χ1n) is 14.1. The molecule has 0 saturated carbocycles. The van der Waals surface area contributed by atoms with E-state index in [4.69, 9.17) is 47.1 Å². The van der Waals surface area contributed by atoms with Gasteiger partial charge in [-0.1, -0.05) is 49.3 Å². The van der Waals surface area contributed by atoms with Crippen LogP contribution in [0.25, 0.3) is 0 Å². The molecule has 0 spiro atoms. The van der Waals surface area contributed by atoms with Crippen molar-refractivity contribution in [3.8, 4) is 17.6 Å². The molecule has 0 aliphatic carbocycles. The molecule has 1 fully saturated rings. The summed E-state index contributed by atoms with van der Waals surface area (Å²) in [5.74, 6) is 2.66. The number of benzene rings is 2. The van der Waals surface area contributed by atoms with E-state index in [2.05, 4.69) is 29.8 Å². The second kappa shape index (κ2) is 15.3. The second-order valence-corrected chi connectivity index (χ2v) is 12.4. The highest BCUT2D eigenvalue weighted by Gasteiger charge is 2.29. The minimum Gasteiger partial charge on any atom is -0.489 e. The third-order valence-electron chi connectivity index (χ3n) is 7.87. The predicted octanol–water partition coefficient (Wildman–Crippen LogP) is 7.08. The van der Waals surface area contributed by atoms with Gasteiger partial charge in [0.25, 0.3) is 0 Å². The molecule has 230 valence electrons. The number of thioether (sulfide) groups is 1. The fourth-order valence-corrected chi connectivity index (χ4v) is 6.03. The Morgan fingerprint density at radius 1 is 1.09 bits per heavy atom. The Morgan fingerprint density at radius 3 is 2.40 bits per heavy atom. The number of alkyl halides is 1. The summed E-state index contributed by atoms with van der Waals surface area (Å²) < 4.78 is 22.8. The first-order valence-corrected chi connectivity index (χ1v) is 16.3. The normalized spacial score (nSPS) is 14.2. The van der Waals surface area contributed by atoms with Crippen LogP contribution in [0.5, 0.6) is 11.5 Å². The van der Waals surface area contributed by atoms with Crippen molar-refractivity contribution in [2.24, 2.45) is 5.92 Å². The lowest BCUT2D eigenvalue weighted by Gasteiger charge is -2.36. The van der Waals surface area contributed by atoms with Gasteiger partial charge in [0.05, 0.1) is 22.0 Å². The molecular weight excluding hydrogens is 607 g/mol. The number of hydrogen-bond donors (Lipinski definition) is 0. The lowest BCUT2D eigenvalue weighted by Crippen LogP contribution is -2.40. The van der Waals surface area contributed by atoms with Crippen molar-refractivity contribution < 1.29 is 18.9 Å². The molecule has 0 radical (unpaired) electrons. The number of halogens is 2. The quantitative estimate of drug-likeness (QED) is 0.0837. The summed E-state index contributed by atoms with van der Waals surface area (Å²) in [7, 11) is 3.38. The van der Waals surface area contributed by atoms with Gasteiger partial charge in [0, 0.05) is 44.8 Å². The standard InChI is InChI=1S/C32H38Cl2N4O4S/c1-32(2,25-16-22(18-35)28(27(34)17-25)41-15-12-33)24-6-8-26(9-7-24)42-20-23-19-36-31(43-5)37-29(23)38-13-10-21(11-14-38)30(39-3)40-4/h6-9,16-17,19,21,30H,10-15,20H2,1-5H3. The number of hydrogen-bond acceptors (Lipinski definition) is 9. The molecular formula is C32H38Cl2N4O4S. The van der Waals surface area contributed by atoms with Crippen LogP contribution in [0.2, 0.25) is 5.02 Å². The number of piperidine rings is 1. The van der Waals surface area contributed by atoms with E-state index in [1.54, 1.807) is 14.2 Å². The van der Waals surface area contributed by atoms with Crippen LogP contribution in [0.3, 0.4) is 0 Å². The van der Waals surface area contributed by atoms with Crippen LogP contribution in [0.1, 0.15) is 48.9 Å². The number of nitrogens with zero attached hydrogens (tertiary/aromatic N) is 4. The van der Waals surface area contributed by atoms with Crippen LogP contribution >= 0.6 is 35.0 Å². The lowest BCUT2D eigenvalue weighted by molar-refractivity contribution is -0.141. The first kappa shape index (κ1) is 33.2. The van der Waals surface area contributed by atoms with Crippen molar-refractivity contribution in [3.05, 3.63) is 69.9 Å². The van der Waals surface area contributed by atoms with Crippen molar-refractivity contribution in [2.75, 3.05) is 51.0 Å². The molecule has 43 heavy (non-hydrogen) atoms. The molecule has 0 unspecified atom stereocenters. The molecule has 11 heteroatoms. The van der Waals surface area contributed by atoms with Crippen LogP contribution in [-0.2, 0) is 21.5 Å². The first-order chi connectivity index (χ1) is 20.7. The van der Waals surface area contributed by atoms with Gasteiger partial charge in [-0.15, -0.1) is 11.6 Å². The van der Waals surface area contributed by atoms with E-state index in [0.29, 0.717) is 34.7 Å². The Labute approximate surface area is 268 Å². The maximum absolute atomic E-state index is 9.72. The molecule has 1 aliphatic heterocycles. The van der Waals surface area contributed by atoms with E-state index in [9.17, 15) is 5.26 Å². The maximum Gasteiger partial charge on any atom is 0.189 e. The molecule has 1 saturated heterocycles. The Kier molecular flexibility index (Phi) is 11.8. The van der Waals surface area contributed by atoms with Crippen molar-refractivity contribution in [1.82, 2.24) is 9.97 Å². The molecule has 3 aromatic rings. The molecule has 0 N–H and O–H groups in total. The third kappa shape index (κ3) is 7.86. The Morgan fingerprint density at radius 2 is 1.79 bits per heavy atom. The van der Waals surface area contributed by atoms with Crippen LogP contribution < -0.4 is 14.4 Å². The molecule has 1 aliphatic rings. The molecule has 0 bridgehead atoms. The largest absolute Gasteiger partial charge is 0.489 e. The summed E-state index contributed by atoms with van der Waals surface area (Å²) >= 11 is 13.8. The molecule has 4 rings (SSSR count). The SMILES string of the molecule is COC(OC)C1CCN(c2nc(SC)ncc2COc2ccc(C(C)(C)c3cc(Cl)c(OCCCl)c(C#N)c3)cc2)CC1. The second-order valence-electron chi connectivity index (χ2n) is 10.8. The van der Waals surface area contributed by atoms with Gasteiger partial charge in [-0.2, -0.15) is 5.26 Å². The third-order valence-corrected chi connectivity index (χ3v) is 8.87. The molecule has 2 aromatic carbocycles. The highest BCUT2D eigenvalue weighted by atomic mass is 35.5. The Balaban J connectivity index is 1.47. The topological polar surface area (TPSA) is 89.7 Å². The number of nitriles is 1. The maximum atomic E-state index is 9.72. The molecule has 0 atom stereocenters. The van der Waals surface area contributed by atoms with Gasteiger partial charge in [-0.3, -0.25) is 0 Å². The minimum absolute atomic E-state index is 0.190. The van der Waals surface area contributed by atoms with Gasteiger partial charge >= 0.3 is 0 Å². The fourth-order valence-electron chi connectivity index (χ4n) is 5.34. The summed E-state index contributed by atoms with van der Waals surface area (Å²) in [6, 6.07) is 13.9. The van der Waals surface area contributed by atoms with Crippen LogP contribution in [-0.4, -0.2) is 62.3 Å². The minimum atomic E-state index is -0.426. The zero-order valence-electron chi connectivity index (χ0n) is 25.2. The van der Waals surface area contributed by atoms with E-state index in [1.165, 1.54) is 11.8 Å². The van der Waals surface area contributed by atoms with Crippen LogP contribution in [0.15, 0.2) is 47.8 Å².